The van der Waals surface area contributed by atoms with Crippen molar-refractivity contribution in [1.82, 2.24) is 5.32 Å². The van der Waals surface area contributed by atoms with Gasteiger partial charge in [-0.15, -0.1) is 11.3 Å². The summed E-state index contributed by atoms with van der Waals surface area (Å²) in [6, 6.07) is 14.9. The predicted molar refractivity (Wildman–Crippen MR) is 110 cm³/mol. The van der Waals surface area contributed by atoms with Crippen LogP contribution in [0.15, 0.2) is 53.9 Å². The first-order chi connectivity index (χ1) is 14.1. The average molecular weight is 411 g/mol. The van der Waals surface area contributed by atoms with E-state index in [0.29, 0.717) is 23.0 Å². The van der Waals surface area contributed by atoms with E-state index in [2.05, 4.69) is 5.32 Å². The first-order valence-corrected chi connectivity index (χ1v) is 10.0. The number of thiophene rings is 1. The van der Waals surface area contributed by atoms with Crippen LogP contribution in [0.25, 0.3) is 0 Å². The number of nitrogens with one attached hydrogen (secondary N) is 1. The van der Waals surface area contributed by atoms with Crippen molar-refractivity contribution in [2.24, 2.45) is 0 Å². The first-order valence-electron chi connectivity index (χ1n) is 9.17. The van der Waals surface area contributed by atoms with Crippen molar-refractivity contribution in [1.29, 1.82) is 0 Å². The monoisotopic (exact) mass is 411 g/mol. The molecule has 1 N–H and O–H groups in total. The summed E-state index contributed by atoms with van der Waals surface area (Å²) < 4.78 is 21.6. The molecule has 0 fully saturated rings. The summed E-state index contributed by atoms with van der Waals surface area (Å²) in [5, 5.41) is 4.96. The zero-order chi connectivity index (χ0) is 20.2. The second-order valence-corrected chi connectivity index (χ2v) is 7.50. The van der Waals surface area contributed by atoms with Crippen molar-refractivity contribution in [3.8, 4) is 23.0 Å². The van der Waals surface area contributed by atoms with Crippen LogP contribution in [-0.4, -0.2) is 19.8 Å². The average Bonchev–Trinajstić information content (AvgIpc) is 3.41. The highest BCUT2D eigenvalue weighted by molar-refractivity contribution is 7.12. The molecule has 7 heteroatoms. The van der Waals surface area contributed by atoms with Gasteiger partial charge in [0.1, 0.15) is 18.1 Å². The lowest BCUT2D eigenvalue weighted by atomic mass is 10.1. The van der Waals surface area contributed by atoms with Crippen molar-refractivity contribution in [2.75, 3.05) is 13.9 Å². The van der Waals surface area contributed by atoms with Crippen LogP contribution in [0, 0.1) is 0 Å². The summed E-state index contributed by atoms with van der Waals surface area (Å²) >= 11 is 1.40. The number of ether oxygens (including phenoxy) is 4. The highest BCUT2D eigenvalue weighted by Gasteiger charge is 2.15. The normalized spacial score (nSPS) is 13.0. The summed E-state index contributed by atoms with van der Waals surface area (Å²) in [7, 11) is 1.63. The molecule has 1 unspecified atom stereocenters. The van der Waals surface area contributed by atoms with Gasteiger partial charge in [-0.3, -0.25) is 4.79 Å². The summed E-state index contributed by atoms with van der Waals surface area (Å²) in [4.78, 5) is 13.2. The maximum Gasteiger partial charge on any atom is 0.261 e. The minimum atomic E-state index is -0.108. The zero-order valence-corrected chi connectivity index (χ0v) is 17.0. The van der Waals surface area contributed by atoms with Crippen LogP contribution in [0.4, 0.5) is 0 Å². The highest BCUT2D eigenvalue weighted by Crippen LogP contribution is 2.35. The van der Waals surface area contributed by atoms with E-state index in [0.717, 1.165) is 22.6 Å². The Balaban J connectivity index is 1.33. The van der Waals surface area contributed by atoms with E-state index in [4.69, 9.17) is 18.9 Å². The molecule has 1 aliphatic rings. The van der Waals surface area contributed by atoms with Crippen LogP contribution < -0.4 is 24.3 Å². The minimum Gasteiger partial charge on any atom is -0.497 e. The summed E-state index contributed by atoms with van der Waals surface area (Å²) in [5.74, 6) is 2.78. The molecule has 29 heavy (non-hydrogen) atoms. The van der Waals surface area contributed by atoms with Gasteiger partial charge in [0.2, 0.25) is 6.79 Å². The number of benzene rings is 2. The second kappa shape index (κ2) is 8.45. The molecule has 0 bridgehead atoms. The maximum absolute atomic E-state index is 12.6. The van der Waals surface area contributed by atoms with Crippen LogP contribution in [0.1, 0.15) is 33.8 Å². The molecule has 0 aliphatic carbocycles. The molecule has 150 valence electrons. The van der Waals surface area contributed by atoms with Crippen molar-refractivity contribution >= 4 is 17.2 Å². The van der Waals surface area contributed by atoms with Crippen molar-refractivity contribution < 1.29 is 23.7 Å². The van der Waals surface area contributed by atoms with Crippen molar-refractivity contribution in [3.63, 3.8) is 0 Å². The molecule has 6 nitrogen and oxygen atoms in total. The van der Waals surface area contributed by atoms with E-state index < -0.39 is 0 Å². The summed E-state index contributed by atoms with van der Waals surface area (Å²) in [6.45, 7) is 2.56. The van der Waals surface area contributed by atoms with E-state index in [1.54, 1.807) is 13.2 Å². The number of hydrogen-bond acceptors (Lipinski definition) is 6. The maximum atomic E-state index is 12.6. The molecule has 0 saturated carbocycles. The van der Waals surface area contributed by atoms with E-state index >= 15 is 0 Å². The number of amides is 1. The fourth-order valence-electron chi connectivity index (χ4n) is 2.95. The van der Waals surface area contributed by atoms with E-state index in [1.165, 1.54) is 11.3 Å². The number of carbonyl (C=O) groups is 1. The first kappa shape index (κ1) is 19.1. The molecule has 4 rings (SSSR count). The van der Waals surface area contributed by atoms with Gasteiger partial charge >= 0.3 is 0 Å². The topological polar surface area (TPSA) is 66.0 Å². The molecule has 2 heterocycles. The smallest absolute Gasteiger partial charge is 0.261 e. The fraction of sp³-hybridized carbons (Fsp3) is 0.227. The Kier molecular flexibility index (Phi) is 5.57. The SMILES string of the molecule is COc1ccc(C(C)NC(=O)c2cc(COc3ccc4c(c3)OCO4)cs2)cc1. The Morgan fingerprint density at radius 1 is 1.10 bits per heavy atom. The number of carbonyl (C=O) groups excluding carboxylic acids is 1. The van der Waals surface area contributed by atoms with E-state index in [-0.39, 0.29) is 18.7 Å². The summed E-state index contributed by atoms with van der Waals surface area (Å²) in [5.41, 5.74) is 1.96. The van der Waals surface area contributed by atoms with Gasteiger partial charge in [-0.05, 0) is 48.2 Å². The molecule has 0 spiro atoms. The number of fused-ring (bicyclic) bond motifs is 1. The molecular formula is C22H21NO5S. The number of rotatable bonds is 7. The molecule has 1 amide bonds. The predicted octanol–water partition coefficient (Wildman–Crippen LogP) is 4.56. The Morgan fingerprint density at radius 2 is 1.86 bits per heavy atom. The van der Waals surface area contributed by atoms with Gasteiger partial charge in [0.05, 0.1) is 18.0 Å². The molecule has 1 aliphatic heterocycles. The van der Waals surface area contributed by atoms with E-state index in [9.17, 15) is 4.79 Å². The largest absolute Gasteiger partial charge is 0.497 e. The lowest BCUT2D eigenvalue weighted by Gasteiger charge is -2.14. The van der Waals surface area contributed by atoms with Gasteiger partial charge in [-0.1, -0.05) is 12.1 Å². The quantitative estimate of drug-likeness (QED) is 0.618. The van der Waals surface area contributed by atoms with Crippen LogP contribution >= 0.6 is 11.3 Å². The molecule has 2 aromatic carbocycles. The molecular weight excluding hydrogens is 390 g/mol. The van der Waals surface area contributed by atoms with Crippen LogP contribution in [0.5, 0.6) is 23.0 Å². The van der Waals surface area contributed by atoms with Gasteiger partial charge in [-0.2, -0.15) is 0 Å². The number of methoxy groups -OCH3 is 1. The molecule has 0 radical (unpaired) electrons. The Labute approximate surface area is 173 Å². The van der Waals surface area contributed by atoms with Gasteiger partial charge in [-0.25, -0.2) is 0 Å². The number of hydrogen-bond donors (Lipinski definition) is 1. The Morgan fingerprint density at radius 3 is 2.66 bits per heavy atom. The molecule has 1 aromatic heterocycles. The summed E-state index contributed by atoms with van der Waals surface area (Å²) in [6.07, 6.45) is 0. The van der Waals surface area contributed by atoms with Gasteiger partial charge < -0.3 is 24.3 Å². The highest BCUT2D eigenvalue weighted by atomic mass is 32.1. The fourth-order valence-corrected chi connectivity index (χ4v) is 3.75. The third-order valence-corrected chi connectivity index (χ3v) is 5.57. The Hall–Kier alpha value is -3.19. The molecule has 1 atom stereocenters. The Bertz CT molecular complexity index is 999. The minimum absolute atomic E-state index is 0.104. The van der Waals surface area contributed by atoms with Gasteiger partial charge in [0.25, 0.3) is 5.91 Å². The lowest BCUT2D eigenvalue weighted by Crippen LogP contribution is -2.25. The second-order valence-electron chi connectivity index (χ2n) is 6.59. The standard InChI is InChI=1S/C22H21NO5S/c1-14(16-3-5-17(25-2)6-4-16)23-22(24)21-9-15(12-29-21)11-26-18-7-8-19-20(10-18)28-13-27-19/h3-10,12,14H,11,13H2,1-2H3,(H,23,24). The molecule has 0 saturated heterocycles. The van der Waals surface area contributed by atoms with Crippen molar-refractivity contribution in [2.45, 2.75) is 19.6 Å². The van der Waals surface area contributed by atoms with Crippen LogP contribution in [-0.2, 0) is 6.61 Å². The van der Waals surface area contributed by atoms with Gasteiger partial charge in [0.15, 0.2) is 11.5 Å². The zero-order valence-electron chi connectivity index (χ0n) is 16.1. The van der Waals surface area contributed by atoms with Gasteiger partial charge in [0, 0.05) is 11.6 Å². The van der Waals surface area contributed by atoms with Crippen LogP contribution in [0.2, 0.25) is 0 Å². The third-order valence-electron chi connectivity index (χ3n) is 4.59. The third kappa shape index (κ3) is 4.46. The lowest BCUT2D eigenvalue weighted by molar-refractivity contribution is 0.0944. The van der Waals surface area contributed by atoms with Crippen molar-refractivity contribution in [3.05, 3.63) is 69.9 Å². The van der Waals surface area contributed by atoms with E-state index in [1.807, 2.05) is 54.8 Å². The molecule has 3 aromatic rings. The van der Waals surface area contributed by atoms with Crippen LogP contribution in [0.3, 0.4) is 0 Å².